The Labute approximate surface area is 68.1 Å². The molecule has 1 aromatic carbocycles. The Kier molecular flexibility index (Phi) is 1.40. The van der Waals surface area contributed by atoms with Gasteiger partial charge in [-0.3, -0.25) is 0 Å². The number of halogens is 1. The van der Waals surface area contributed by atoms with E-state index in [4.69, 9.17) is 5.73 Å². The molecule has 0 radical (unpaired) electrons. The predicted molar refractivity (Wildman–Crippen MR) is 43.9 cm³/mol. The standard InChI is InChI=1S/C8H6FN3/c9-6-2-1-3-7-5(6)4-11-8(10)12-7/h1-4H,(H2,10,11,12). The fraction of sp³-hybridized carbons (Fsp3) is 0. The van der Waals surface area contributed by atoms with Gasteiger partial charge in [-0.1, -0.05) is 6.07 Å². The van der Waals surface area contributed by atoms with Gasteiger partial charge in [0.1, 0.15) is 5.82 Å². The first-order valence-electron chi connectivity index (χ1n) is 3.44. The van der Waals surface area contributed by atoms with Crippen molar-refractivity contribution in [2.24, 2.45) is 0 Å². The topological polar surface area (TPSA) is 51.8 Å². The first-order chi connectivity index (χ1) is 5.77. The fourth-order valence-electron chi connectivity index (χ4n) is 1.03. The van der Waals surface area contributed by atoms with Crippen molar-refractivity contribution in [3.05, 3.63) is 30.2 Å². The van der Waals surface area contributed by atoms with Crippen molar-refractivity contribution in [1.29, 1.82) is 0 Å². The molecule has 3 nitrogen and oxygen atoms in total. The number of nitrogens with two attached hydrogens (primary N) is 1. The summed E-state index contributed by atoms with van der Waals surface area (Å²) in [5, 5.41) is 0.395. The number of anilines is 1. The van der Waals surface area contributed by atoms with Gasteiger partial charge in [-0.2, -0.15) is 0 Å². The maximum Gasteiger partial charge on any atom is 0.220 e. The van der Waals surface area contributed by atoms with Crippen LogP contribution in [0.4, 0.5) is 10.3 Å². The number of benzene rings is 1. The molecule has 0 amide bonds. The number of rotatable bonds is 0. The van der Waals surface area contributed by atoms with Gasteiger partial charge in [0.25, 0.3) is 0 Å². The quantitative estimate of drug-likeness (QED) is 0.637. The molecule has 0 atom stereocenters. The third-order valence-electron chi connectivity index (χ3n) is 1.59. The van der Waals surface area contributed by atoms with E-state index in [1.165, 1.54) is 12.3 Å². The Bertz CT molecular complexity index is 428. The Morgan fingerprint density at radius 3 is 3.00 bits per heavy atom. The lowest BCUT2D eigenvalue weighted by Gasteiger charge is -1.97. The van der Waals surface area contributed by atoms with E-state index >= 15 is 0 Å². The van der Waals surface area contributed by atoms with E-state index in [9.17, 15) is 4.39 Å². The summed E-state index contributed by atoms with van der Waals surface area (Å²) in [6.45, 7) is 0. The highest BCUT2D eigenvalue weighted by molar-refractivity contribution is 5.78. The minimum absolute atomic E-state index is 0.160. The summed E-state index contributed by atoms with van der Waals surface area (Å²) < 4.78 is 13.0. The average Bonchev–Trinajstić information content (AvgIpc) is 2.04. The van der Waals surface area contributed by atoms with Gasteiger partial charge in [0, 0.05) is 6.20 Å². The average molecular weight is 163 g/mol. The largest absolute Gasteiger partial charge is 0.368 e. The van der Waals surface area contributed by atoms with Crippen molar-refractivity contribution in [3.63, 3.8) is 0 Å². The molecule has 1 aromatic heterocycles. The van der Waals surface area contributed by atoms with Crippen LogP contribution in [0.2, 0.25) is 0 Å². The number of nitrogen functional groups attached to an aromatic ring is 1. The van der Waals surface area contributed by atoms with Crippen molar-refractivity contribution in [3.8, 4) is 0 Å². The zero-order chi connectivity index (χ0) is 8.55. The van der Waals surface area contributed by atoms with Gasteiger partial charge in [-0.25, -0.2) is 14.4 Å². The van der Waals surface area contributed by atoms with Crippen molar-refractivity contribution >= 4 is 16.9 Å². The number of aromatic nitrogens is 2. The second-order valence-electron chi connectivity index (χ2n) is 2.40. The molecule has 0 unspecified atom stereocenters. The Morgan fingerprint density at radius 2 is 2.17 bits per heavy atom. The summed E-state index contributed by atoms with van der Waals surface area (Å²) in [6.07, 6.45) is 1.38. The van der Waals surface area contributed by atoms with E-state index in [-0.39, 0.29) is 11.8 Å². The van der Waals surface area contributed by atoms with Crippen LogP contribution in [0.25, 0.3) is 10.9 Å². The number of fused-ring (bicyclic) bond motifs is 1. The third kappa shape index (κ3) is 0.972. The van der Waals surface area contributed by atoms with Crippen molar-refractivity contribution in [1.82, 2.24) is 9.97 Å². The van der Waals surface area contributed by atoms with Crippen molar-refractivity contribution in [2.45, 2.75) is 0 Å². The molecule has 2 rings (SSSR count). The molecular formula is C8H6FN3. The summed E-state index contributed by atoms with van der Waals surface area (Å²) >= 11 is 0. The van der Waals surface area contributed by atoms with E-state index < -0.39 is 0 Å². The SMILES string of the molecule is Nc1ncc2c(F)cccc2n1. The van der Waals surface area contributed by atoms with Gasteiger partial charge >= 0.3 is 0 Å². The second-order valence-corrected chi connectivity index (χ2v) is 2.40. The highest BCUT2D eigenvalue weighted by Gasteiger charge is 2.00. The first kappa shape index (κ1) is 6.97. The predicted octanol–water partition coefficient (Wildman–Crippen LogP) is 1.35. The Hall–Kier alpha value is -1.71. The van der Waals surface area contributed by atoms with Gasteiger partial charge in [-0.05, 0) is 12.1 Å². The maximum atomic E-state index is 13.0. The molecule has 0 aliphatic heterocycles. The molecule has 0 aliphatic rings. The van der Waals surface area contributed by atoms with Crippen LogP contribution in [0.1, 0.15) is 0 Å². The Morgan fingerprint density at radius 1 is 1.33 bits per heavy atom. The van der Waals surface area contributed by atoms with Crippen molar-refractivity contribution < 1.29 is 4.39 Å². The van der Waals surface area contributed by atoms with Crippen LogP contribution in [0.3, 0.4) is 0 Å². The van der Waals surface area contributed by atoms with Gasteiger partial charge in [-0.15, -0.1) is 0 Å². The molecule has 12 heavy (non-hydrogen) atoms. The van der Waals surface area contributed by atoms with Crippen LogP contribution in [0.5, 0.6) is 0 Å². The lowest BCUT2D eigenvalue weighted by molar-refractivity contribution is 0.639. The van der Waals surface area contributed by atoms with Crippen molar-refractivity contribution in [2.75, 3.05) is 5.73 Å². The molecule has 0 saturated heterocycles. The Balaban J connectivity index is 2.86. The molecule has 0 fully saturated rings. The van der Waals surface area contributed by atoms with Gasteiger partial charge < -0.3 is 5.73 Å². The summed E-state index contributed by atoms with van der Waals surface area (Å²) in [7, 11) is 0. The summed E-state index contributed by atoms with van der Waals surface area (Å²) in [5.41, 5.74) is 5.86. The van der Waals surface area contributed by atoms with Gasteiger partial charge in [0.05, 0.1) is 10.9 Å². The number of nitrogens with zero attached hydrogens (tertiary/aromatic N) is 2. The molecule has 0 spiro atoms. The number of hydrogen-bond donors (Lipinski definition) is 1. The van der Waals surface area contributed by atoms with Gasteiger partial charge in [0.15, 0.2) is 0 Å². The fourth-order valence-corrected chi connectivity index (χ4v) is 1.03. The third-order valence-corrected chi connectivity index (χ3v) is 1.59. The van der Waals surface area contributed by atoms with E-state index in [2.05, 4.69) is 9.97 Å². The molecule has 2 aromatic rings. The van der Waals surface area contributed by atoms with E-state index in [0.29, 0.717) is 10.9 Å². The molecule has 0 saturated carbocycles. The minimum Gasteiger partial charge on any atom is -0.368 e. The maximum absolute atomic E-state index is 13.0. The van der Waals surface area contributed by atoms with Crippen LogP contribution in [-0.4, -0.2) is 9.97 Å². The van der Waals surface area contributed by atoms with E-state index in [0.717, 1.165) is 0 Å². The summed E-state index contributed by atoms with van der Waals surface area (Å²) in [4.78, 5) is 7.56. The van der Waals surface area contributed by atoms with Gasteiger partial charge in [0.2, 0.25) is 5.95 Å². The highest BCUT2D eigenvalue weighted by Crippen LogP contribution is 2.14. The monoisotopic (exact) mass is 163 g/mol. The van der Waals surface area contributed by atoms with Crippen LogP contribution < -0.4 is 5.73 Å². The molecule has 4 heteroatoms. The second kappa shape index (κ2) is 2.41. The van der Waals surface area contributed by atoms with Crippen LogP contribution in [0, 0.1) is 5.82 Å². The first-order valence-corrected chi connectivity index (χ1v) is 3.44. The number of hydrogen-bond acceptors (Lipinski definition) is 3. The zero-order valence-electron chi connectivity index (χ0n) is 6.16. The van der Waals surface area contributed by atoms with Crippen LogP contribution in [-0.2, 0) is 0 Å². The van der Waals surface area contributed by atoms with E-state index in [1.807, 2.05) is 0 Å². The molecule has 60 valence electrons. The normalized spacial score (nSPS) is 10.4. The van der Waals surface area contributed by atoms with Crippen LogP contribution >= 0.6 is 0 Å². The molecule has 1 heterocycles. The molecule has 0 aliphatic carbocycles. The lowest BCUT2D eigenvalue weighted by atomic mass is 10.2. The summed E-state index contributed by atoms with van der Waals surface area (Å²) in [5.74, 6) is -0.166. The molecular weight excluding hydrogens is 157 g/mol. The smallest absolute Gasteiger partial charge is 0.220 e. The minimum atomic E-state index is -0.326. The molecule has 0 bridgehead atoms. The zero-order valence-corrected chi connectivity index (χ0v) is 6.16. The van der Waals surface area contributed by atoms with Crippen LogP contribution in [0.15, 0.2) is 24.4 Å². The summed E-state index contributed by atoms with van der Waals surface area (Å²) in [6, 6.07) is 4.64. The lowest BCUT2D eigenvalue weighted by Crippen LogP contribution is -1.94. The molecule has 2 N–H and O–H groups in total. The highest BCUT2D eigenvalue weighted by atomic mass is 19.1. The van der Waals surface area contributed by atoms with E-state index in [1.54, 1.807) is 12.1 Å².